The summed E-state index contributed by atoms with van der Waals surface area (Å²) in [6.45, 7) is 10.4. The highest BCUT2D eigenvalue weighted by Gasteiger charge is 2.43. The van der Waals surface area contributed by atoms with Crippen LogP contribution >= 0.6 is 0 Å². The predicted octanol–water partition coefficient (Wildman–Crippen LogP) is 4.54. The van der Waals surface area contributed by atoms with E-state index in [1.807, 2.05) is 6.92 Å². The van der Waals surface area contributed by atoms with E-state index in [1.54, 1.807) is 0 Å². The Balaban J connectivity index is 2.77. The molecule has 1 rings (SSSR count). The normalized spacial score (nSPS) is 29.4. The second kappa shape index (κ2) is 7.32. The maximum absolute atomic E-state index is 12.8. The molecule has 1 saturated carbocycles. The average molecular weight is 309 g/mol. The highest BCUT2D eigenvalue weighted by atomic mass is 19.4. The fraction of sp³-hybridized carbons (Fsp3) is 1.00. The molecule has 21 heavy (non-hydrogen) atoms. The molecule has 0 aliphatic heterocycles. The smallest absolute Gasteiger partial charge is 0.364 e. The zero-order valence-corrected chi connectivity index (χ0v) is 13.9. The van der Waals surface area contributed by atoms with Crippen molar-refractivity contribution in [2.45, 2.75) is 84.7 Å². The summed E-state index contributed by atoms with van der Waals surface area (Å²) in [4.78, 5) is 0. The van der Waals surface area contributed by atoms with E-state index in [2.05, 4.69) is 26.1 Å². The van der Waals surface area contributed by atoms with Crippen LogP contribution in [0.2, 0.25) is 0 Å². The summed E-state index contributed by atoms with van der Waals surface area (Å²) in [7, 11) is 0. The minimum absolute atomic E-state index is 0.0312. The van der Waals surface area contributed by atoms with Crippen molar-refractivity contribution < 1.29 is 17.9 Å². The summed E-state index contributed by atoms with van der Waals surface area (Å²) < 4.78 is 43.7. The van der Waals surface area contributed by atoms with Gasteiger partial charge in [-0.3, -0.25) is 0 Å². The van der Waals surface area contributed by atoms with Crippen LogP contribution in [0.4, 0.5) is 13.2 Å². The molecule has 126 valence electrons. The molecule has 0 amide bonds. The molecular weight excluding hydrogens is 279 g/mol. The lowest BCUT2D eigenvalue weighted by Crippen LogP contribution is -2.50. The van der Waals surface area contributed by atoms with Gasteiger partial charge in [-0.15, -0.1) is 0 Å². The lowest BCUT2D eigenvalue weighted by molar-refractivity contribution is -0.234. The second-order valence-corrected chi connectivity index (χ2v) is 6.87. The van der Waals surface area contributed by atoms with Crippen LogP contribution in [0.15, 0.2) is 0 Å². The van der Waals surface area contributed by atoms with Crippen LogP contribution in [-0.2, 0) is 4.74 Å². The van der Waals surface area contributed by atoms with Crippen molar-refractivity contribution >= 4 is 0 Å². The van der Waals surface area contributed by atoms with Crippen molar-refractivity contribution in [1.29, 1.82) is 0 Å². The third-order valence-electron chi connectivity index (χ3n) is 5.11. The van der Waals surface area contributed by atoms with Gasteiger partial charge in [0, 0.05) is 6.04 Å². The minimum atomic E-state index is -4.29. The molecule has 4 atom stereocenters. The first-order valence-electron chi connectivity index (χ1n) is 8.07. The zero-order chi connectivity index (χ0) is 16.3. The Morgan fingerprint density at radius 1 is 1.19 bits per heavy atom. The van der Waals surface area contributed by atoms with Gasteiger partial charge in [0.2, 0.25) is 0 Å². The molecule has 0 radical (unpaired) electrons. The van der Waals surface area contributed by atoms with E-state index in [4.69, 9.17) is 4.74 Å². The molecule has 0 heterocycles. The second-order valence-electron chi connectivity index (χ2n) is 6.87. The summed E-state index contributed by atoms with van der Waals surface area (Å²) in [5.74, 6) is 0.419. The Morgan fingerprint density at radius 2 is 1.81 bits per heavy atom. The predicted molar refractivity (Wildman–Crippen MR) is 79.3 cm³/mol. The highest BCUT2D eigenvalue weighted by Crippen LogP contribution is 2.42. The molecule has 1 fully saturated rings. The monoisotopic (exact) mass is 309 g/mol. The fourth-order valence-corrected chi connectivity index (χ4v) is 3.11. The van der Waals surface area contributed by atoms with Gasteiger partial charge in [-0.05, 0) is 44.1 Å². The highest BCUT2D eigenvalue weighted by molar-refractivity contribution is 4.91. The summed E-state index contributed by atoms with van der Waals surface area (Å²) in [6.07, 6.45) is -2.66. The van der Waals surface area contributed by atoms with Crippen molar-refractivity contribution in [3.8, 4) is 0 Å². The Hall–Kier alpha value is -0.290. The van der Waals surface area contributed by atoms with Gasteiger partial charge in [0.25, 0.3) is 0 Å². The number of likely N-dealkylation sites (N-methyl/N-ethyl adjacent to an activating group) is 1. The Kier molecular flexibility index (Phi) is 6.54. The lowest BCUT2D eigenvalue weighted by Gasteiger charge is -2.44. The van der Waals surface area contributed by atoms with E-state index in [1.165, 1.54) is 0 Å². The van der Waals surface area contributed by atoms with E-state index < -0.39 is 12.3 Å². The number of ether oxygens (including phenoxy) is 1. The van der Waals surface area contributed by atoms with Gasteiger partial charge in [0.05, 0.1) is 6.10 Å². The maximum atomic E-state index is 12.8. The van der Waals surface area contributed by atoms with Crippen molar-refractivity contribution in [1.82, 2.24) is 5.32 Å². The van der Waals surface area contributed by atoms with Crippen LogP contribution in [0.25, 0.3) is 0 Å². The SMILES string of the molecule is CCNC1CCC(C(C)(C)CC)CC1OC(C)C(F)(F)F. The molecule has 4 unspecified atom stereocenters. The van der Waals surface area contributed by atoms with Gasteiger partial charge in [-0.25, -0.2) is 0 Å². The molecule has 5 heteroatoms. The number of halogens is 3. The van der Waals surface area contributed by atoms with Crippen LogP contribution < -0.4 is 5.32 Å². The number of nitrogens with one attached hydrogen (secondary N) is 1. The number of hydrogen-bond donors (Lipinski definition) is 1. The molecule has 1 aliphatic rings. The first kappa shape index (κ1) is 18.8. The van der Waals surface area contributed by atoms with E-state index in [0.717, 1.165) is 32.7 Å². The van der Waals surface area contributed by atoms with Crippen LogP contribution in [-0.4, -0.2) is 31.0 Å². The maximum Gasteiger partial charge on any atom is 0.414 e. The van der Waals surface area contributed by atoms with E-state index >= 15 is 0 Å². The van der Waals surface area contributed by atoms with Crippen LogP contribution in [0.1, 0.15) is 60.3 Å². The topological polar surface area (TPSA) is 21.3 Å². The van der Waals surface area contributed by atoms with Crippen LogP contribution in [0.3, 0.4) is 0 Å². The minimum Gasteiger partial charge on any atom is -0.364 e. The molecule has 0 bridgehead atoms. The molecule has 0 aromatic rings. The Bertz CT molecular complexity index is 317. The van der Waals surface area contributed by atoms with Crippen molar-refractivity contribution in [2.75, 3.05) is 6.54 Å². The van der Waals surface area contributed by atoms with E-state index in [9.17, 15) is 13.2 Å². The van der Waals surface area contributed by atoms with Crippen molar-refractivity contribution in [3.05, 3.63) is 0 Å². The molecule has 1 aliphatic carbocycles. The summed E-state index contributed by atoms with van der Waals surface area (Å²) >= 11 is 0. The van der Waals surface area contributed by atoms with Crippen LogP contribution in [0, 0.1) is 11.3 Å². The summed E-state index contributed by atoms with van der Waals surface area (Å²) in [5.41, 5.74) is 0.153. The van der Waals surface area contributed by atoms with Gasteiger partial charge in [0.15, 0.2) is 6.10 Å². The number of rotatable bonds is 6. The molecule has 0 spiro atoms. The molecule has 1 N–H and O–H groups in total. The molecule has 2 nitrogen and oxygen atoms in total. The first-order valence-corrected chi connectivity index (χ1v) is 8.07. The summed E-state index contributed by atoms with van der Waals surface area (Å²) in [5, 5.41) is 3.29. The largest absolute Gasteiger partial charge is 0.414 e. The quantitative estimate of drug-likeness (QED) is 0.778. The lowest BCUT2D eigenvalue weighted by atomic mass is 9.68. The molecule has 0 saturated heterocycles. The Morgan fingerprint density at radius 3 is 2.29 bits per heavy atom. The summed E-state index contributed by atoms with van der Waals surface area (Å²) in [6, 6.07) is 0.0312. The van der Waals surface area contributed by atoms with Gasteiger partial charge < -0.3 is 10.1 Å². The van der Waals surface area contributed by atoms with Crippen molar-refractivity contribution in [2.24, 2.45) is 11.3 Å². The Labute approximate surface area is 126 Å². The zero-order valence-electron chi connectivity index (χ0n) is 13.9. The van der Waals surface area contributed by atoms with Crippen molar-refractivity contribution in [3.63, 3.8) is 0 Å². The third kappa shape index (κ3) is 5.13. The number of alkyl halides is 3. The van der Waals surface area contributed by atoms with Gasteiger partial charge in [0.1, 0.15) is 0 Å². The average Bonchev–Trinajstić information content (AvgIpc) is 2.39. The van der Waals surface area contributed by atoms with E-state index in [-0.39, 0.29) is 17.6 Å². The molecular formula is C16H30F3NO. The molecule has 0 aromatic heterocycles. The van der Waals surface area contributed by atoms with Gasteiger partial charge >= 0.3 is 6.18 Å². The fourth-order valence-electron chi connectivity index (χ4n) is 3.11. The number of hydrogen-bond acceptors (Lipinski definition) is 2. The van der Waals surface area contributed by atoms with Gasteiger partial charge in [-0.2, -0.15) is 13.2 Å². The van der Waals surface area contributed by atoms with E-state index in [0.29, 0.717) is 12.3 Å². The molecule has 0 aromatic carbocycles. The van der Waals surface area contributed by atoms with Crippen LogP contribution in [0.5, 0.6) is 0 Å². The first-order chi connectivity index (χ1) is 9.61. The standard InChI is InChI=1S/C16H30F3NO/c1-6-15(4,5)12-8-9-13(20-7-2)14(10-12)21-11(3)16(17,18)19/h11-14,20H,6-10H2,1-5H3. The van der Waals surface area contributed by atoms with Gasteiger partial charge in [-0.1, -0.05) is 34.1 Å². The third-order valence-corrected chi connectivity index (χ3v) is 5.11.